The fourth-order valence-corrected chi connectivity index (χ4v) is 5.44. The number of hydrogen-bond donors (Lipinski definition) is 0. The Morgan fingerprint density at radius 2 is 0.761 bits per heavy atom. The first-order valence-corrected chi connectivity index (χ1v) is 16.3. The molecule has 0 aromatic heterocycles. The molecule has 0 spiro atoms. The Balaban J connectivity index is 0.952. The van der Waals surface area contributed by atoms with Crippen LogP contribution in [0.25, 0.3) is 0 Å². The van der Waals surface area contributed by atoms with Crippen LogP contribution in [0.1, 0.15) is 56.9 Å². The number of hydrogen-bond acceptors (Lipinski definition) is 6. The van der Waals surface area contributed by atoms with Gasteiger partial charge in [-0.3, -0.25) is 0 Å². The molecule has 242 valence electrons. The quantitative estimate of drug-likeness (QED) is 0.118. The van der Waals surface area contributed by atoms with Crippen molar-refractivity contribution in [1.29, 1.82) is 0 Å². The Morgan fingerprint density at radius 3 is 1.02 bits per heavy atom. The molecule has 46 heavy (non-hydrogen) atoms. The molecule has 2 saturated heterocycles. The van der Waals surface area contributed by atoms with Crippen molar-refractivity contribution in [2.24, 2.45) is 5.92 Å². The SMILES string of the molecule is CC(COc1ccc(C(C)(C)c2ccc(OCC3CO3)cc2)cc1)COc1ccc(C(C)(C)c2ccc(OCC3CO3)cc2)cc1. The molecular weight excluding hydrogens is 576 g/mol. The average molecular weight is 623 g/mol. The zero-order chi connectivity index (χ0) is 32.1. The van der Waals surface area contributed by atoms with Gasteiger partial charge in [0.1, 0.15) is 48.4 Å². The van der Waals surface area contributed by atoms with Crippen molar-refractivity contribution >= 4 is 0 Å². The van der Waals surface area contributed by atoms with Crippen LogP contribution in [0.2, 0.25) is 0 Å². The van der Waals surface area contributed by atoms with E-state index in [2.05, 4.69) is 107 Å². The number of rotatable bonds is 16. The molecule has 2 heterocycles. The summed E-state index contributed by atoms with van der Waals surface area (Å²) < 4.78 is 34.3. The summed E-state index contributed by atoms with van der Waals surface area (Å²) >= 11 is 0. The second-order valence-corrected chi connectivity index (χ2v) is 13.6. The van der Waals surface area contributed by atoms with E-state index in [1.807, 2.05) is 24.3 Å². The number of benzene rings is 4. The first kappa shape index (κ1) is 32.0. The number of epoxide rings is 2. The average Bonchev–Trinajstić information content (AvgIpc) is 4.01. The largest absolute Gasteiger partial charge is 0.493 e. The maximum atomic E-state index is 6.13. The van der Waals surface area contributed by atoms with Gasteiger partial charge in [0, 0.05) is 16.7 Å². The van der Waals surface area contributed by atoms with Gasteiger partial charge < -0.3 is 28.4 Å². The normalized spacial score (nSPS) is 18.0. The monoisotopic (exact) mass is 622 g/mol. The number of ether oxygens (including phenoxy) is 6. The second kappa shape index (κ2) is 13.8. The molecule has 0 saturated carbocycles. The van der Waals surface area contributed by atoms with Gasteiger partial charge in [-0.1, -0.05) is 83.1 Å². The molecule has 2 unspecified atom stereocenters. The summed E-state index contributed by atoms with van der Waals surface area (Å²) in [5, 5.41) is 0. The molecule has 0 aliphatic carbocycles. The van der Waals surface area contributed by atoms with Crippen LogP contribution in [-0.2, 0) is 20.3 Å². The van der Waals surface area contributed by atoms with Gasteiger partial charge >= 0.3 is 0 Å². The Morgan fingerprint density at radius 1 is 0.500 bits per heavy atom. The van der Waals surface area contributed by atoms with E-state index in [4.69, 9.17) is 28.4 Å². The van der Waals surface area contributed by atoms with Crippen LogP contribution in [0.3, 0.4) is 0 Å². The van der Waals surface area contributed by atoms with E-state index in [0.717, 1.165) is 36.2 Å². The molecular formula is C40H46O6. The van der Waals surface area contributed by atoms with Gasteiger partial charge in [0.05, 0.1) is 26.4 Å². The lowest BCUT2D eigenvalue weighted by atomic mass is 9.78. The Kier molecular flexibility index (Phi) is 9.57. The Labute approximate surface area is 273 Å². The third-order valence-corrected chi connectivity index (χ3v) is 9.05. The van der Waals surface area contributed by atoms with Gasteiger partial charge in [-0.2, -0.15) is 0 Å². The van der Waals surface area contributed by atoms with Crippen molar-refractivity contribution in [3.05, 3.63) is 119 Å². The summed E-state index contributed by atoms with van der Waals surface area (Å²) in [6, 6.07) is 33.6. The van der Waals surface area contributed by atoms with Gasteiger partial charge in [-0.15, -0.1) is 0 Å². The molecule has 2 aliphatic rings. The van der Waals surface area contributed by atoms with Crippen LogP contribution in [0.5, 0.6) is 23.0 Å². The molecule has 2 atom stereocenters. The minimum absolute atomic E-state index is 0.145. The Hall–Kier alpha value is -4.00. The smallest absolute Gasteiger partial charge is 0.119 e. The van der Waals surface area contributed by atoms with Crippen molar-refractivity contribution in [3.8, 4) is 23.0 Å². The van der Waals surface area contributed by atoms with E-state index >= 15 is 0 Å². The summed E-state index contributed by atoms with van der Waals surface area (Å²) in [7, 11) is 0. The summed E-state index contributed by atoms with van der Waals surface area (Å²) in [4.78, 5) is 0. The van der Waals surface area contributed by atoms with E-state index in [0.29, 0.717) is 26.4 Å². The lowest BCUT2D eigenvalue weighted by Gasteiger charge is -2.27. The first-order chi connectivity index (χ1) is 22.2. The third-order valence-electron chi connectivity index (χ3n) is 9.05. The topological polar surface area (TPSA) is 62.0 Å². The molecule has 0 amide bonds. The summed E-state index contributed by atoms with van der Waals surface area (Å²) in [5.41, 5.74) is 4.64. The lowest BCUT2D eigenvalue weighted by molar-refractivity contribution is 0.188. The minimum atomic E-state index is -0.145. The van der Waals surface area contributed by atoms with Crippen LogP contribution >= 0.6 is 0 Å². The first-order valence-electron chi connectivity index (χ1n) is 16.3. The molecule has 4 aromatic rings. The molecule has 6 rings (SSSR count). The molecule has 0 bridgehead atoms. The van der Waals surface area contributed by atoms with Gasteiger partial charge in [-0.05, 0) is 70.8 Å². The summed E-state index contributed by atoms with van der Waals surface area (Å²) in [5.74, 6) is 3.70. The predicted molar refractivity (Wildman–Crippen MR) is 181 cm³/mol. The van der Waals surface area contributed by atoms with Crippen molar-refractivity contribution in [3.63, 3.8) is 0 Å². The van der Waals surface area contributed by atoms with Crippen molar-refractivity contribution in [2.75, 3.05) is 39.6 Å². The third kappa shape index (κ3) is 8.23. The molecule has 6 heteroatoms. The van der Waals surface area contributed by atoms with Gasteiger partial charge in [0.2, 0.25) is 0 Å². The highest BCUT2D eigenvalue weighted by Crippen LogP contribution is 2.35. The van der Waals surface area contributed by atoms with Crippen LogP contribution in [-0.4, -0.2) is 51.8 Å². The van der Waals surface area contributed by atoms with E-state index in [1.54, 1.807) is 0 Å². The molecule has 0 N–H and O–H groups in total. The van der Waals surface area contributed by atoms with Gasteiger partial charge in [-0.25, -0.2) is 0 Å². The van der Waals surface area contributed by atoms with Crippen molar-refractivity contribution in [2.45, 2.75) is 57.7 Å². The standard InChI is InChI=1S/C40H46O6/c1-28(22-41-33-14-6-29(7-15-33)39(2,3)31-10-18-35(19-11-31)43-24-37-26-45-37)23-42-34-16-8-30(9-17-34)40(4,5)32-12-20-36(21-13-32)44-25-38-27-46-38/h6-21,28,37-38H,22-27H2,1-5H3. The minimum Gasteiger partial charge on any atom is -0.493 e. The highest BCUT2D eigenvalue weighted by atomic mass is 16.6. The van der Waals surface area contributed by atoms with Crippen LogP contribution in [0.15, 0.2) is 97.1 Å². The highest BCUT2D eigenvalue weighted by Gasteiger charge is 2.26. The lowest BCUT2D eigenvalue weighted by Crippen LogP contribution is -2.19. The fourth-order valence-electron chi connectivity index (χ4n) is 5.44. The van der Waals surface area contributed by atoms with E-state index < -0.39 is 0 Å². The van der Waals surface area contributed by atoms with Gasteiger partial charge in [0.25, 0.3) is 0 Å². The maximum absolute atomic E-state index is 6.13. The molecule has 4 aromatic carbocycles. The zero-order valence-corrected chi connectivity index (χ0v) is 27.7. The predicted octanol–water partition coefficient (Wildman–Crippen LogP) is 7.99. The maximum Gasteiger partial charge on any atom is 0.119 e. The van der Waals surface area contributed by atoms with Crippen LogP contribution in [0, 0.1) is 5.92 Å². The summed E-state index contributed by atoms with van der Waals surface area (Å²) in [6.45, 7) is 15.1. The van der Waals surface area contributed by atoms with Gasteiger partial charge in [0.15, 0.2) is 0 Å². The zero-order valence-electron chi connectivity index (χ0n) is 27.7. The second-order valence-electron chi connectivity index (χ2n) is 13.6. The van der Waals surface area contributed by atoms with Crippen LogP contribution < -0.4 is 18.9 Å². The van der Waals surface area contributed by atoms with E-state index in [1.165, 1.54) is 22.3 Å². The molecule has 6 nitrogen and oxygen atoms in total. The molecule has 2 aliphatic heterocycles. The van der Waals surface area contributed by atoms with Crippen molar-refractivity contribution in [1.82, 2.24) is 0 Å². The fraction of sp³-hybridized carbons (Fsp3) is 0.400. The van der Waals surface area contributed by atoms with E-state index in [9.17, 15) is 0 Å². The van der Waals surface area contributed by atoms with Crippen LogP contribution in [0.4, 0.5) is 0 Å². The van der Waals surface area contributed by atoms with E-state index in [-0.39, 0.29) is 29.0 Å². The Bertz CT molecular complexity index is 1410. The van der Waals surface area contributed by atoms with Crippen molar-refractivity contribution < 1.29 is 28.4 Å². The summed E-state index contributed by atoms with van der Waals surface area (Å²) in [6.07, 6.45) is 0.513. The highest BCUT2D eigenvalue weighted by molar-refractivity contribution is 5.43. The molecule has 2 fully saturated rings. The molecule has 0 radical (unpaired) electrons.